The molecule has 0 unspecified atom stereocenters. The first-order chi connectivity index (χ1) is 11.4. The molecule has 0 aliphatic carbocycles. The zero-order valence-electron chi connectivity index (χ0n) is 13.1. The van der Waals surface area contributed by atoms with Crippen LogP contribution >= 0.6 is 11.8 Å². The molecule has 1 aromatic rings. The van der Waals surface area contributed by atoms with Crippen molar-refractivity contribution in [2.24, 2.45) is 0 Å². The molecular formula is C16H18F2N2O3S. The van der Waals surface area contributed by atoms with Gasteiger partial charge in [0.15, 0.2) is 0 Å². The van der Waals surface area contributed by atoms with Gasteiger partial charge in [0.1, 0.15) is 11.8 Å². The molecule has 2 atom stereocenters. The van der Waals surface area contributed by atoms with Gasteiger partial charge in [-0.3, -0.25) is 9.59 Å². The molecule has 0 bridgehead atoms. The Morgan fingerprint density at radius 2 is 2.33 bits per heavy atom. The second kappa shape index (κ2) is 6.58. The highest BCUT2D eigenvalue weighted by molar-refractivity contribution is 8.01. The Morgan fingerprint density at radius 3 is 3.08 bits per heavy atom. The van der Waals surface area contributed by atoms with Crippen molar-refractivity contribution in [3.63, 3.8) is 0 Å². The van der Waals surface area contributed by atoms with Crippen molar-refractivity contribution in [3.05, 3.63) is 29.8 Å². The first-order valence-corrected chi connectivity index (χ1v) is 8.65. The molecule has 2 amide bonds. The molecule has 0 saturated carbocycles. The van der Waals surface area contributed by atoms with E-state index in [2.05, 4.69) is 10.1 Å². The van der Waals surface area contributed by atoms with Crippen LogP contribution in [0.4, 0.5) is 8.78 Å². The van der Waals surface area contributed by atoms with E-state index < -0.39 is 12.7 Å². The minimum Gasteiger partial charge on any atom is -0.435 e. The Bertz CT molecular complexity index is 658. The average Bonchev–Trinajstić information content (AvgIpc) is 3.01. The topological polar surface area (TPSA) is 58.6 Å². The van der Waals surface area contributed by atoms with Crippen LogP contribution in [0.1, 0.15) is 25.3 Å². The maximum Gasteiger partial charge on any atom is 0.387 e. The number of benzene rings is 1. The van der Waals surface area contributed by atoms with Crippen molar-refractivity contribution in [1.82, 2.24) is 10.2 Å². The van der Waals surface area contributed by atoms with Gasteiger partial charge < -0.3 is 15.0 Å². The first-order valence-electron chi connectivity index (χ1n) is 7.67. The summed E-state index contributed by atoms with van der Waals surface area (Å²) < 4.78 is 28.8. The molecule has 1 N–H and O–H groups in total. The van der Waals surface area contributed by atoms with Crippen molar-refractivity contribution < 1.29 is 23.1 Å². The van der Waals surface area contributed by atoms with E-state index in [0.717, 1.165) is 6.42 Å². The highest BCUT2D eigenvalue weighted by Crippen LogP contribution is 2.47. The fourth-order valence-corrected chi connectivity index (χ4v) is 4.59. The number of carbonyl (C=O) groups excluding carboxylic acids is 2. The van der Waals surface area contributed by atoms with Gasteiger partial charge in [-0.25, -0.2) is 0 Å². The standard InChI is InChI=1S/C16H18F2N2O3S/c1-16-6-5-13(21)20(16)12(9-24-16)14(22)19-8-10-3-2-4-11(7-10)23-15(17)18/h2-4,7,12,15H,5-6,8-9H2,1H3,(H,19,22)/t12-,16+/m0/s1. The molecule has 5 nitrogen and oxygen atoms in total. The summed E-state index contributed by atoms with van der Waals surface area (Å²) in [5.74, 6) is 0.412. The van der Waals surface area contributed by atoms with Crippen LogP contribution in [0.2, 0.25) is 0 Å². The minimum absolute atomic E-state index is 0.00924. The summed E-state index contributed by atoms with van der Waals surface area (Å²) in [6.07, 6.45) is 1.23. The van der Waals surface area contributed by atoms with Gasteiger partial charge in [-0.15, -0.1) is 11.8 Å². The molecule has 0 aromatic heterocycles. The highest BCUT2D eigenvalue weighted by atomic mass is 32.2. The van der Waals surface area contributed by atoms with E-state index in [1.54, 1.807) is 28.8 Å². The number of halogens is 2. The third-order valence-corrected chi connectivity index (χ3v) is 5.84. The molecule has 2 fully saturated rings. The van der Waals surface area contributed by atoms with Crippen LogP contribution in [-0.4, -0.2) is 40.0 Å². The van der Waals surface area contributed by atoms with E-state index in [0.29, 0.717) is 17.7 Å². The zero-order chi connectivity index (χ0) is 17.3. The Balaban J connectivity index is 1.61. The van der Waals surface area contributed by atoms with E-state index in [9.17, 15) is 18.4 Å². The normalized spacial score (nSPS) is 25.9. The Labute approximate surface area is 142 Å². The quantitative estimate of drug-likeness (QED) is 0.880. The van der Waals surface area contributed by atoms with E-state index in [1.165, 1.54) is 12.1 Å². The smallest absolute Gasteiger partial charge is 0.387 e. The molecule has 2 heterocycles. The lowest BCUT2D eigenvalue weighted by atomic mass is 10.2. The molecule has 130 valence electrons. The number of alkyl halides is 2. The maximum atomic E-state index is 12.4. The first kappa shape index (κ1) is 17.0. The van der Waals surface area contributed by atoms with Gasteiger partial charge in [-0.05, 0) is 31.0 Å². The summed E-state index contributed by atoms with van der Waals surface area (Å²) in [5.41, 5.74) is 0.655. The number of thioether (sulfide) groups is 1. The molecule has 1 aromatic carbocycles. The lowest BCUT2D eigenvalue weighted by Gasteiger charge is -2.29. The average molecular weight is 356 g/mol. The number of nitrogens with zero attached hydrogens (tertiary/aromatic N) is 1. The fraction of sp³-hybridized carbons (Fsp3) is 0.500. The summed E-state index contributed by atoms with van der Waals surface area (Å²) in [6.45, 7) is -0.704. The van der Waals surface area contributed by atoms with Crippen molar-refractivity contribution in [2.45, 2.75) is 43.8 Å². The van der Waals surface area contributed by atoms with Crippen molar-refractivity contribution in [1.29, 1.82) is 0 Å². The Hall–Kier alpha value is -1.83. The number of amides is 2. The second-order valence-corrected chi connectivity index (χ2v) is 7.51. The number of carbonyl (C=O) groups is 2. The summed E-state index contributed by atoms with van der Waals surface area (Å²) in [5, 5.41) is 2.78. The zero-order valence-corrected chi connectivity index (χ0v) is 13.9. The second-order valence-electron chi connectivity index (χ2n) is 6.01. The lowest BCUT2D eigenvalue weighted by molar-refractivity contribution is -0.138. The third kappa shape index (κ3) is 3.33. The molecule has 24 heavy (non-hydrogen) atoms. The van der Waals surface area contributed by atoms with E-state index >= 15 is 0 Å². The van der Waals surface area contributed by atoms with Gasteiger partial charge in [0.25, 0.3) is 0 Å². The molecule has 0 spiro atoms. The van der Waals surface area contributed by atoms with E-state index in [-0.39, 0.29) is 29.0 Å². The number of ether oxygens (including phenoxy) is 1. The molecule has 8 heteroatoms. The molecule has 2 aliphatic rings. The molecule has 3 rings (SSSR count). The minimum atomic E-state index is -2.88. The van der Waals surface area contributed by atoms with Crippen LogP contribution in [0.25, 0.3) is 0 Å². The fourth-order valence-electron chi connectivity index (χ4n) is 3.15. The predicted molar refractivity (Wildman–Crippen MR) is 85.7 cm³/mol. The van der Waals surface area contributed by atoms with Gasteiger partial charge in [0, 0.05) is 18.7 Å². The molecular weight excluding hydrogens is 338 g/mol. The summed E-state index contributed by atoms with van der Waals surface area (Å²) in [7, 11) is 0. The van der Waals surface area contributed by atoms with Crippen molar-refractivity contribution in [2.75, 3.05) is 5.75 Å². The van der Waals surface area contributed by atoms with E-state index in [1.807, 2.05) is 6.92 Å². The SMILES string of the molecule is C[C@@]12CCC(=O)N1[C@H](C(=O)NCc1cccc(OC(F)F)c1)CS2. The molecule has 0 radical (unpaired) electrons. The third-order valence-electron chi connectivity index (χ3n) is 4.34. The van der Waals surface area contributed by atoms with Crippen LogP contribution in [0.15, 0.2) is 24.3 Å². The number of fused-ring (bicyclic) bond motifs is 1. The lowest BCUT2D eigenvalue weighted by Crippen LogP contribution is -2.49. The predicted octanol–water partition coefficient (Wildman–Crippen LogP) is 2.36. The Morgan fingerprint density at radius 1 is 1.54 bits per heavy atom. The van der Waals surface area contributed by atoms with Crippen LogP contribution in [0.5, 0.6) is 5.75 Å². The number of hydrogen-bond donors (Lipinski definition) is 1. The highest BCUT2D eigenvalue weighted by Gasteiger charge is 2.52. The summed E-state index contributed by atoms with van der Waals surface area (Å²) in [4.78, 5) is 25.9. The van der Waals surface area contributed by atoms with Crippen LogP contribution in [-0.2, 0) is 16.1 Å². The monoisotopic (exact) mass is 356 g/mol. The molecule has 2 aliphatic heterocycles. The number of rotatable bonds is 5. The van der Waals surface area contributed by atoms with Crippen molar-refractivity contribution in [3.8, 4) is 5.75 Å². The summed E-state index contributed by atoms with van der Waals surface area (Å²) >= 11 is 1.63. The van der Waals surface area contributed by atoms with Gasteiger partial charge in [-0.1, -0.05) is 12.1 Å². The van der Waals surface area contributed by atoms with Gasteiger partial charge >= 0.3 is 6.61 Å². The van der Waals surface area contributed by atoms with Gasteiger partial charge in [-0.2, -0.15) is 8.78 Å². The van der Waals surface area contributed by atoms with Crippen LogP contribution in [0.3, 0.4) is 0 Å². The Kier molecular flexibility index (Phi) is 4.67. The largest absolute Gasteiger partial charge is 0.435 e. The van der Waals surface area contributed by atoms with Crippen LogP contribution < -0.4 is 10.1 Å². The van der Waals surface area contributed by atoms with Gasteiger partial charge in [0.05, 0.1) is 4.87 Å². The maximum absolute atomic E-state index is 12.4. The van der Waals surface area contributed by atoms with Crippen LogP contribution in [0, 0.1) is 0 Å². The summed E-state index contributed by atoms with van der Waals surface area (Å²) in [6, 6.07) is 5.72. The number of hydrogen-bond acceptors (Lipinski definition) is 4. The van der Waals surface area contributed by atoms with Crippen molar-refractivity contribution >= 4 is 23.6 Å². The molecule has 2 saturated heterocycles. The number of nitrogens with one attached hydrogen (secondary N) is 1. The van der Waals surface area contributed by atoms with E-state index in [4.69, 9.17) is 0 Å². The van der Waals surface area contributed by atoms with Gasteiger partial charge in [0.2, 0.25) is 11.8 Å².